The average Bonchev–Trinajstić information content (AvgIpc) is 3.05. The molecule has 252 valence electrons. The predicted molar refractivity (Wildman–Crippen MR) is 183 cm³/mol. The van der Waals surface area contributed by atoms with Crippen molar-refractivity contribution in [1.82, 2.24) is 15.6 Å². The van der Waals surface area contributed by atoms with Gasteiger partial charge in [-0.25, -0.2) is 9.78 Å². The van der Waals surface area contributed by atoms with Gasteiger partial charge in [0, 0.05) is 24.5 Å². The molecular weight excluding hydrogens is 612 g/mol. The Bertz CT molecular complexity index is 1780. The molecule has 11 heteroatoms. The zero-order valence-electron chi connectivity index (χ0n) is 27.9. The van der Waals surface area contributed by atoms with Gasteiger partial charge in [0.2, 0.25) is 11.8 Å². The van der Waals surface area contributed by atoms with Gasteiger partial charge >= 0.3 is 12.1 Å². The molecule has 0 spiro atoms. The van der Waals surface area contributed by atoms with Gasteiger partial charge in [0.05, 0.1) is 26.1 Å². The van der Waals surface area contributed by atoms with Gasteiger partial charge in [0.15, 0.2) is 0 Å². The van der Waals surface area contributed by atoms with Crippen molar-refractivity contribution in [2.24, 2.45) is 0 Å². The lowest BCUT2D eigenvalue weighted by atomic mass is 9.94. The van der Waals surface area contributed by atoms with Gasteiger partial charge in [0.25, 0.3) is 0 Å². The highest BCUT2D eigenvalue weighted by Gasteiger charge is 2.25. The van der Waals surface area contributed by atoms with Crippen molar-refractivity contribution >= 4 is 40.5 Å². The molecule has 3 amide bonds. The number of hydrogen-bond donors (Lipinski definition) is 3. The average molecular weight is 655 g/mol. The van der Waals surface area contributed by atoms with Gasteiger partial charge < -0.3 is 25.2 Å². The monoisotopic (exact) mass is 654 g/mol. The number of nitrogens with zero attached hydrogens (tertiary/aromatic N) is 2. The Morgan fingerprint density at radius 2 is 1.69 bits per heavy atom. The lowest BCUT2D eigenvalue weighted by molar-refractivity contribution is -0.141. The molecule has 0 aliphatic rings. The van der Waals surface area contributed by atoms with Crippen LogP contribution in [0.3, 0.4) is 0 Å². The van der Waals surface area contributed by atoms with Crippen LogP contribution in [-0.4, -0.2) is 59.8 Å². The van der Waals surface area contributed by atoms with E-state index in [9.17, 15) is 24.3 Å². The van der Waals surface area contributed by atoms with E-state index < -0.39 is 29.6 Å². The number of esters is 1. The van der Waals surface area contributed by atoms with Crippen LogP contribution >= 0.6 is 0 Å². The number of aromatic nitrogens is 1. The maximum Gasteiger partial charge on any atom is 0.416 e. The number of carbonyl (C=O) groups excluding carboxylic acids is 4. The highest BCUT2D eigenvalue weighted by atomic mass is 16.6. The summed E-state index contributed by atoms with van der Waals surface area (Å²) in [6.07, 6.45) is 1.26. The fourth-order valence-electron chi connectivity index (χ4n) is 5.15. The van der Waals surface area contributed by atoms with Crippen LogP contribution in [0.2, 0.25) is 0 Å². The van der Waals surface area contributed by atoms with Crippen LogP contribution in [0.25, 0.3) is 21.9 Å². The van der Waals surface area contributed by atoms with E-state index in [2.05, 4.69) is 15.6 Å². The number of anilines is 1. The van der Waals surface area contributed by atoms with Crippen molar-refractivity contribution in [3.63, 3.8) is 0 Å². The lowest BCUT2D eigenvalue weighted by Crippen LogP contribution is -2.40. The number of amides is 3. The van der Waals surface area contributed by atoms with Gasteiger partial charge in [-0.3, -0.25) is 19.3 Å². The van der Waals surface area contributed by atoms with E-state index in [4.69, 9.17) is 9.47 Å². The summed E-state index contributed by atoms with van der Waals surface area (Å²) in [5, 5.41) is 17.4. The van der Waals surface area contributed by atoms with Crippen LogP contribution in [0.4, 0.5) is 10.6 Å². The number of phenolic OH excluding ortho intramolecular Hbond substituents is 1. The smallest absolute Gasteiger partial charge is 0.416 e. The Morgan fingerprint density at radius 1 is 0.938 bits per heavy atom. The van der Waals surface area contributed by atoms with Crippen molar-refractivity contribution in [2.45, 2.75) is 58.6 Å². The third-order valence-corrected chi connectivity index (χ3v) is 7.46. The molecule has 0 aliphatic heterocycles. The predicted octanol–water partition coefficient (Wildman–Crippen LogP) is 5.97. The molecule has 0 fully saturated rings. The topological polar surface area (TPSA) is 147 Å². The summed E-state index contributed by atoms with van der Waals surface area (Å²) in [6, 6.07) is 21.2. The molecule has 48 heavy (non-hydrogen) atoms. The highest BCUT2D eigenvalue weighted by Crippen LogP contribution is 2.35. The molecule has 0 saturated heterocycles. The molecule has 0 bridgehead atoms. The molecule has 4 aromatic rings. The second kappa shape index (κ2) is 15.9. The summed E-state index contributed by atoms with van der Waals surface area (Å²) < 4.78 is 10.4. The van der Waals surface area contributed by atoms with Crippen LogP contribution < -0.4 is 15.5 Å². The number of phenols is 1. The van der Waals surface area contributed by atoms with Crippen molar-refractivity contribution in [3.05, 3.63) is 90.1 Å². The SMILES string of the molecule is COC(=O)C[C@H](NC(=O)CNC(=O)CCCN(C(=O)OC(C)(C)C)c1cc(C)ccn1)c1cccc(-c2ccc(O)c3ccccc23)c1. The number of ether oxygens (including phenoxy) is 2. The number of rotatable bonds is 12. The largest absolute Gasteiger partial charge is 0.507 e. The van der Waals surface area contributed by atoms with Crippen molar-refractivity contribution in [3.8, 4) is 16.9 Å². The molecule has 0 radical (unpaired) electrons. The van der Waals surface area contributed by atoms with Gasteiger partial charge in [-0.1, -0.05) is 48.5 Å². The minimum Gasteiger partial charge on any atom is -0.507 e. The van der Waals surface area contributed by atoms with Crippen LogP contribution in [0.15, 0.2) is 79.0 Å². The van der Waals surface area contributed by atoms with Crippen molar-refractivity contribution in [1.29, 1.82) is 0 Å². The Kier molecular flexibility index (Phi) is 11.7. The molecule has 1 heterocycles. The van der Waals surface area contributed by atoms with Crippen LogP contribution in [-0.2, 0) is 23.9 Å². The summed E-state index contributed by atoms with van der Waals surface area (Å²) in [6.45, 7) is 7.08. The Labute approximate surface area is 280 Å². The van der Waals surface area contributed by atoms with E-state index in [1.807, 2.05) is 61.5 Å². The molecule has 3 N–H and O–H groups in total. The first-order valence-electron chi connectivity index (χ1n) is 15.7. The van der Waals surface area contributed by atoms with Crippen molar-refractivity contribution in [2.75, 3.05) is 25.1 Å². The number of aryl methyl sites for hydroxylation is 1. The standard InChI is InChI=1S/C37H42N4O7/c1-24-17-18-38-32(20-24)41(36(46)48-37(2,3)4)19-9-14-33(43)39-23-34(44)40-30(22-35(45)47-5)26-11-8-10-25(21-26)27-15-16-31(42)29-13-7-6-12-28(27)29/h6-8,10-13,15-18,20-21,30,42H,9,14,19,22-23H2,1-5H3,(H,39,43)(H,40,44)/t30-/m0/s1. The fourth-order valence-corrected chi connectivity index (χ4v) is 5.15. The van der Waals surface area contributed by atoms with Crippen LogP contribution in [0, 0.1) is 6.92 Å². The van der Waals surface area contributed by atoms with Gasteiger partial charge in [-0.2, -0.15) is 0 Å². The molecule has 1 aromatic heterocycles. The third kappa shape index (κ3) is 9.78. The number of benzene rings is 3. The molecule has 0 aliphatic carbocycles. The maximum atomic E-state index is 13.0. The number of hydrogen-bond acceptors (Lipinski definition) is 8. The highest BCUT2D eigenvalue weighted by molar-refractivity contribution is 6.00. The molecule has 0 saturated carbocycles. The number of carbonyl (C=O) groups is 4. The molecule has 11 nitrogen and oxygen atoms in total. The summed E-state index contributed by atoms with van der Waals surface area (Å²) in [5.74, 6) is -0.785. The normalized spacial score (nSPS) is 11.8. The molecule has 4 rings (SSSR count). The maximum absolute atomic E-state index is 13.0. The van der Waals surface area contributed by atoms with Gasteiger partial charge in [-0.15, -0.1) is 0 Å². The van der Waals surface area contributed by atoms with Crippen LogP contribution in [0.5, 0.6) is 5.75 Å². The summed E-state index contributed by atoms with van der Waals surface area (Å²) in [7, 11) is 1.28. The first-order chi connectivity index (χ1) is 22.8. The second-order valence-electron chi connectivity index (χ2n) is 12.4. The van der Waals surface area contributed by atoms with Crippen LogP contribution in [0.1, 0.15) is 57.2 Å². The fraction of sp³-hybridized carbons (Fsp3) is 0.324. The molecule has 0 unspecified atom stereocenters. The lowest BCUT2D eigenvalue weighted by Gasteiger charge is -2.27. The number of methoxy groups -OCH3 is 1. The van der Waals surface area contributed by atoms with Gasteiger partial charge in [-0.05, 0) is 86.0 Å². The first kappa shape index (κ1) is 35.4. The number of aromatic hydroxyl groups is 1. The minimum absolute atomic E-state index is 0.0482. The quantitative estimate of drug-likeness (QED) is 0.158. The van der Waals surface area contributed by atoms with E-state index in [1.165, 1.54) is 12.0 Å². The van der Waals surface area contributed by atoms with Gasteiger partial charge in [0.1, 0.15) is 17.2 Å². The number of fused-ring (bicyclic) bond motifs is 1. The third-order valence-electron chi connectivity index (χ3n) is 7.46. The number of pyridine rings is 1. The first-order valence-corrected chi connectivity index (χ1v) is 15.7. The van der Waals surface area contributed by atoms with E-state index in [0.29, 0.717) is 23.2 Å². The van der Waals surface area contributed by atoms with E-state index in [-0.39, 0.29) is 37.6 Å². The summed E-state index contributed by atoms with van der Waals surface area (Å²) in [5.41, 5.74) is 2.59. The summed E-state index contributed by atoms with van der Waals surface area (Å²) in [4.78, 5) is 56.6. The Morgan fingerprint density at radius 3 is 2.40 bits per heavy atom. The zero-order valence-corrected chi connectivity index (χ0v) is 27.9. The molecule has 3 aromatic carbocycles. The summed E-state index contributed by atoms with van der Waals surface area (Å²) >= 11 is 0. The van der Waals surface area contributed by atoms with E-state index in [0.717, 1.165) is 22.1 Å². The Hall–Kier alpha value is -5.45. The van der Waals surface area contributed by atoms with Crippen molar-refractivity contribution < 1.29 is 33.8 Å². The van der Waals surface area contributed by atoms with E-state index in [1.54, 1.807) is 45.2 Å². The Balaban J connectivity index is 1.39. The number of nitrogens with one attached hydrogen (secondary N) is 2. The molecular formula is C37H42N4O7. The van der Waals surface area contributed by atoms with E-state index >= 15 is 0 Å². The molecule has 1 atom stereocenters. The zero-order chi connectivity index (χ0) is 34.8. The second-order valence-corrected chi connectivity index (χ2v) is 12.4. The minimum atomic E-state index is -0.727.